The molecule has 2 aliphatic rings. The third-order valence-corrected chi connectivity index (χ3v) is 9.10. The van der Waals surface area contributed by atoms with Crippen molar-refractivity contribution in [3.8, 4) is 0 Å². The number of hydrogen-bond acceptors (Lipinski definition) is 5. The van der Waals surface area contributed by atoms with Crippen molar-refractivity contribution in [2.75, 3.05) is 6.54 Å². The fraction of sp³-hybridized carbons (Fsp3) is 0.345. The SMILES string of the molecule is O=C(O)c1cc(CCNC(=O)[C@@H]2c3ccccc3C(=O)N([C@H]3CCCC[C@@H]3O)[C@H]2c2ccc(Cl)cc2Cl)cs1. The zero-order valence-corrected chi connectivity index (χ0v) is 23.3. The van der Waals surface area contributed by atoms with E-state index >= 15 is 0 Å². The van der Waals surface area contributed by atoms with Crippen LogP contribution in [0.15, 0.2) is 53.9 Å². The van der Waals surface area contributed by atoms with Crippen molar-refractivity contribution in [3.05, 3.63) is 91.1 Å². The average Bonchev–Trinajstić information content (AvgIpc) is 3.39. The number of nitrogens with one attached hydrogen (secondary N) is 1. The molecule has 1 saturated carbocycles. The van der Waals surface area contributed by atoms with Crippen LogP contribution >= 0.6 is 34.5 Å². The van der Waals surface area contributed by atoms with Crippen molar-refractivity contribution in [2.24, 2.45) is 0 Å². The second-order valence-corrected chi connectivity index (χ2v) is 11.7. The van der Waals surface area contributed by atoms with Crippen molar-refractivity contribution in [1.82, 2.24) is 10.2 Å². The molecular formula is C29H28Cl2N2O5S. The molecule has 10 heteroatoms. The lowest BCUT2D eigenvalue weighted by atomic mass is 9.76. The van der Waals surface area contributed by atoms with Gasteiger partial charge in [0.2, 0.25) is 5.91 Å². The molecule has 1 fully saturated rings. The van der Waals surface area contributed by atoms with E-state index in [2.05, 4.69) is 5.32 Å². The number of carbonyl (C=O) groups excluding carboxylic acids is 2. The van der Waals surface area contributed by atoms with E-state index in [9.17, 15) is 24.6 Å². The molecule has 0 spiro atoms. The molecule has 39 heavy (non-hydrogen) atoms. The van der Waals surface area contributed by atoms with Crippen LogP contribution in [0.25, 0.3) is 0 Å². The molecule has 4 atom stereocenters. The Morgan fingerprint density at radius 3 is 2.54 bits per heavy atom. The molecule has 2 heterocycles. The van der Waals surface area contributed by atoms with Crippen molar-refractivity contribution >= 4 is 52.3 Å². The minimum atomic E-state index is -0.980. The maximum Gasteiger partial charge on any atom is 0.345 e. The number of carbonyl (C=O) groups is 3. The molecule has 0 unspecified atom stereocenters. The number of aliphatic hydroxyl groups excluding tert-OH is 1. The van der Waals surface area contributed by atoms with Crippen LogP contribution in [0.5, 0.6) is 0 Å². The molecule has 2 amide bonds. The zero-order valence-electron chi connectivity index (χ0n) is 21.0. The Kier molecular flexibility index (Phi) is 8.28. The molecule has 0 bridgehead atoms. The molecule has 3 aromatic rings. The van der Waals surface area contributed by atoms with Gasteiger partial charge in [-0.05, 0) is 65.6 Å². The molecule has 1 aromatic heterocycles. The Balaban J connectivity index is 1.53. The molecule has 204 valence electrons. The molecule has 7 nitrogen and oxygen atoms in total. The highest BCUT2D eigenvalue weighted by atomic mass is 35.5. The van der Waals surface area contributed by atoms with Crippen LogP contribution in [-0.2, 0) is 11.2 Å². The van der Waals surface area contributed by atoms with Crippen LogP contribution in [0.1, 0.15) is 74.4 Å². The first kappa shape index (κ1) is 27.6. The number of nitrogens with zero attached hydrogens (tertiary/aromatic N) is 1. The van der Waals surface area contributed by atoms with Gasteiger partial charge in [0.25, 0.3) is 5.91 Å². The third-order valence-electron chi connectivity index (χ3n) is 7.57. The van der Waals surface area contributed by atoms with Crippen LogP contribution in [-0.4, -0.2) is 51.6 Å². The van der Waals surface area contributed by atoms with E-state index in [0.717, 1.165) is 29.7 Å². The van der Waals surface area contributed by atoms with Crippen molar-refractivity contribution < 1.29 is 24.6 Å². The van der Waals surface area contributed by atoms with Gasteiger partial charge in [0.1, 0.15) is 4.88 Å². The van der Waals surface area contributed by atoms with Crippen molar-refractivity contribution in [3.63, 3.8) is 0 Å². The predicted molar refractivity (Wildman–Crippen MR) is 151 cm³/mol. The number of aliphatic hydroxyl groups is 1. The lowest BCUT2D eigenvalue weighted by Gasteiger charge is -2.48. The Hall–Kier alpha value is -2.91. The summed E-state index contributed by atoms with van der Waals surface area (Å²) >= 11 is 14.0. The van der Waals surface area contributed by atoms with E-state index in [1.807, 2.05) is 0 Å². The third kappa shape index (κ3) is 5.57. The minimum Gasteiger partial charge on any atom is -0.477 e. The maximum absolute atomic E-state index is 14.0. The van der Waals surface area contributed by atoms with Gasteiger partial charge >= 0.3 is 5.97 Å². The van der Waals surface area contributed by atoms with Crippen LogP contribution in [0, 0.1) is 0 Å². The molecule has 0 radical (unpaired) electrons. The second kappa shape index (κ2) is 11.7. The molecule has 1 aliphatic carbocycles. The lowest BCUT2D eigenvalue weighted by molar-refractivity contribution is -0.125. The van der Waals surface area contributed by atoms with E-state index in [1.165, 1.54) is 0 Å². The Labute approximate surface area is 240 Å². The summed E-state index contributed by atoms with van der Waals surface area (Å²) in [6.07, 6.45) is 2.68. The van der Waals surface area contributed by atoms with Gasteiger partial charge in [-0.3, -0.25) is 9.59 Å². The van der Waals surface area contributed by atoms with Gasteiger partial charge in [-0.1, -0.05) is 60.3 Å². The van der Waals surface area contributed by atoms with Crippen molar-refractivity contribution in [2.45, 2.75) is 56.2 Å². The summed E-state index contributed by atoms with van der Waals surface area (Å²) in [5, 5.41) is 25.8. The standard InChI is InChI=1S/C29H28Cl2N2O5S/c30-17-9-10-20(21(31)14-17)26-25(27(35)32-12-11-16-13-24(29(37)38)39-15-16)18-5-1-2-6-19(18)28(36)33(26)22-7-3-4-8-23(22)34/h1-2,5-6,9-10,13-15,22-23,25-26,34H,3-4,7-8,11-12H2,(H,32,35)(H,37,38)/t22-,23-,25+,26-/m0/s1. The van der Waals surface area contributed by atoms with Crippen LogP contribution in [0.4, 0.5) is 0 Å². The topological polar surface area (TPSA) is 107 Å². The second-order valence-electron chi connectivity index (χ2n) is 9.97. The van der Waals surface area contributed by atoms with Gasteiger partial charge in [0, 0.05) is 22.2 Å². The summed E-state index contributed by atoms with van der Waals surface area (Å²) in [5.74, 6) is -2.29. The fourth-order valence-corrected chi connectivity index (χ4v) is 7.05. The Morgan fingerprint density at radius 1 is 1.05 bits per heavy atom. The molecular weight excluding hydrogens is 559 g/mol. The van der Waals surface area contributed by atoms with Crippen molar-refractivity contribution in [1.29, 1.82) is 0 Å². The van der Waals surface area contributed by atoms with Gasteiger partial charge in [-0.2, -0.15) is 0 Å². The Bertz CT molecular complexity index is 1410. The predicted octanol–water partition coefficient (Wildman–Crippen LogP) is 5.70. The van der Waals surface area contributed by atoms with Crippen LogP contribution < -0.4 is 5.32 Å². The monoisotopic (exact) mass is 586 g/mol. The van der Waals surface area contributed by atoms with Gasteiger partial charge in [-0.15, -0.1) is 11.3 Å². The molecule has 5 rings (SSSR count). The summed E-state index contributed by atoms with van der Waals surface area (Å²) in [6, 6.07) is 12.5. The number of rotatable bonds is 7. The average molecular weight is 588 g/mol. The van der Waals surface area contributed by atoms with E-state index in [4.69, 9.17) is 23.2 Å². The highest BCUT2D eigenvalue weighted by Gasteiger charge is 2.48. The smallest absolute Gasteiger partial charge is 0.345 e. The fourth-order valence-electron chi connectivity index (χ4n) is 5.75. The number of aromatic carboxylic acids is 1. The van der Waals surface area contributed by atoms with Gasteiger partial charge in [-0.25, -0.2) is 4.79 Å². The summed E-state index contributed by atoms with van der Waals surface area (Å²) in [5.41, 5.74) is 2.44. The van der Waals surface area contributed by atoms with Gasteiger partial charge < -0.3 is 20.4 Å². The molecule has 3 N–H and O–H groups in total. The summed E-state index contributed by atoms with van der Waals surface area (Å²) < 4.78 is 0. The first-order valence-corrected chi connectivity index (χ1v) is 14.5. The van der Waals surface area contributed by atoms with Gasteiger partial charge in [0.05, 0.1) is 24.1 Å². The number of carboxylic acids is 1. The molecule has 0 saturated heterocycles. The number of benzene rings is 2. The number of fused-ring (bicyclic) bond motifs is 1. The largest absolute Gasteiger partial charge is 0.477 e. The summed E-state index contributed by atoms with van der Waals surface area (Å²) in [7, 11) is 0. The first-order valence-electron chi connectivity index (χ1n) is 12.9. The maximum atomic E-state index is 14.0. The molecule has 2 aromatic carbocycles. The number of halogens is 2. The zero-order chi connectivity index (χ0) is 27.7. The number of carboxylic acid groups (broad SMARTS) is 1. The number of hydrogen-bond donors (Lipinski definition) is 3. The first-order chi connectivity index (χ1) is 18.8. The quantitative estimate of drug-likeness (QED) is 0.329. The Morgan fingerprint density at radius 2 is 1.82 bits per heavy atom. The van der Waals surface area contributed by atoms with E-state index in [1.54, 1.807) is 58.8 Å². The highest BCUT2D eigenvalue weighted by molar-refractivity contribution is 7.12. The highest BCUT2D eigenvalue weighted by Crippen LogP contribution is 2.47. The van der Waals surface area contributed by atoms with E-state index in [-0.39, 0.29) is 23.2 Å². The van der Waals surface area contributed by atoms with Crippen LogP contribution in [0.3, 0.4) is 0 Å². The van der Waals surface area contributed by atoms with Gasteiger partial charge in [0.15, 0.2) is 0 Å². The summed E-state index contributed by atoms with van der Waals surface area (Å²) in [6.45, 7) is 0.286. The van der Waals surface area contributed by atoms with E-state index < -0.39 is 30.1 Å². The lowest BCUT2D eigenvalue weighted by Crippen LogP contribution is -2.55. The number of amides is 2. The van der Waals surface area contributed by atoms with Crippen LogP contribution in [0.2, 0.25) is 10.0 Å². The van der Waals surface area contributed by atoms with E-state index in [0.29, 0.717) is 46.0 Å². The molecule has 1 aliphatic heterocycles. The minimum absolute atomic E-state index is 0.240. The normalized spacial score (nSPS) is 22.8. The number of thiophene rings is 1. The summed E-state index contributed by atoms with van der Waals surface area (Å²) in [4.78, 5) is 41.1.